The third-order valence-corrected chi connectivity index (χ3v) is 4.32. The smallest absolute Gasteiger partial charge is 0.138 e. The molecule has 19 heavy (non-hydrogen) atoms. The molecule has 2 heterocycles. The molecule has 2 rings (SSSR count). The van der Waals surface area contributed by atoms with E-state index < -0.39 is 0 Å². The molecular weight excluding hydrogens is 256 g/mol. The Morgan fingerprint density at radius 1 is 1.42 bits per heavy atom. The Labute approximate surface area is 118 Å². The molecule has 1 N–H and O–H groups in total. The molecule has 0 saturated heterocycles. The minimum atomic E-state index is 0.326. The van der Waals surface area contributed by atoms with Crippen LogP contribution in [0, 0.1) is 6.92 Å². The average Bonchev–Trinajstić information content (AvgIpc) is 2.97. The molecule has 5 heteroatoms. The minimum absolute atomic E-state index is 0.326. The van der Waals surface area contributed by atoms with Crippen LogP contribution >= 0.6 is 11.3 Å². The summed E-state index contributed by atoms with van der Waals surface area (Å²) in [5.41, 5.74) is 1.35. The van der Waals surface area contributed by atoms with Gasteiger partial charge >= 0.3 is 0 Å². The fourth-order valence-corrected chi connectivity index (χ4v) is 3.28. The molecule has 2 aromatic rings. The lowest BCUT2D eigenvalue weighted by molar-refractivity contribution is 0.471. The van der Waals surface area contributed by atoms with Crippen LogP contribution in [-0.2, 0) is 6.42 Å². The minimum Gasteiger partial charge on any atom is -0.309 e. The Morgan fingerprint density at radius 2 is 2.21 bits per heavy atom. The molecule has 0 aliphatic heterocycles. The van der Waals surface area contributed by atoms with Gasteiger partial charge in [-0.2, -0.15) is 5.10 Å². The van der Waals surface area contributed by atoms with Gasteiger partial charge in [0.25, 0.3) is 0 Å². The highest BCUT2D eigenvalue weighted by atomic mass is 32.1. The van der Waals surface area contributed by atoms with Crippen molar-refractivity contribution in [2.75, 3.05) is 6.54 Å². The van der Waals surface area contributed by atoms with Crippen molar-refractivity contribution in [1.82, 2.24) is 20.1 Å². The molecule has 0 amide bonds. The maximum absolute atomic E-state index is 4.42. The lowest BCUT2D eigenvalue weighted by Crippen LogP contribution is -2.24. The van der Waals surface area contributed by atoms with E-state index in [0.29, 0.717) is 12.1 Å². The van der Waals surface area contributed by atoms with Crippen LogP contribution in [0.2, 0.25) is 0 Å². The van der Waals surface area contributed by atoms with Gasteiger partial charge in [0.05, 0.1) is 0 Å². The molecule has 0 fully saturated rings. The summed E-state index contributed by atoms with van der Waals surface area (Å²) in [5, 5.41) is 10.0. The average molecular weight is 278 g/mol. The van der Waals surface area contributed by atoms with Crippen LogP contribution in [-0.4, -0.2) is 21.3 Å². The lowest BCUT2D eigenvalue weighted by Gasteiger charge is -2.18. The predicted octanol–water partition coefficient (Wildman–Crippen LogP) is 3.12. The first-order valence-corrected chi connectivity index (χ1v) is 7.67. The van der Waals surface area contributed by atoms with Gasteiger partial charge in [0.2, 0.25) is 0 Å². The van der Waals surface area contributed by atoms with Gasteiger partial charge in [-0.05, 0) is 44.3 Å². The highest BCUT2D eigenvalue weighted by molar-refractivity contribution is 7.10. The molecule has 0 aliphatic rings. The van der Waals surface area contributed by atoms with Gasteiger partial charge in [-0.1, -0.05) is 6.92 Å². The van der Waals surface area contributed by atoms with Gasteiger partial charge in [-0.3, -0.25) is 0 Å². The van der Waals surface area contributed by atoms with Gasteiger partial charge in [-0.15, -0.1) is 11.3 Å². The third-order valence-electron chi connectivity index (χ3n) is 3.19. The first-order valence-electron chi connectivity index (χ1n) is 6.79. The summed E-state index contributed by atoms with van der Waals surface area (Å²) in [6.07, 6.45) is 2.53. The van der Waals surface area contributed by atoms with Crippen LogP contribution in [0.15, 0.2) is 17.8 Å². The molecule has 104 valence electrons. The summed E-state index contributed by atoms with van der Waals surface area (Å²) in [6, 6.07) is 2.85. The van der Waals surface area contributed by atoms with Crippen LogP contribution in [0.3, 0.4) is 0 Å². The quantitative estimate of drug-likeness (QED) is 0.883. The van der Waals surface area contributed by atoms with E-state index >= 15 is 0 Å². The normalized spacial score (nSPS) is 13.1. The molecule has 0 aromatic carbocycles. The maximum atomic E-state index is 4.42. The first-order chi connectivity index (χ1) is 9.13. The van der Waals surface area contributed by atoms with Crippen molar-refractivity contribution in [3.8, 4) is 0 Å². The summed E-state index contributed by atoms with van der Waals surface area (Å²) in [6.45, 7) is 9.54. The second-order valence-corrected chi connectivity index (χ2v) is 5.94. The summed E-state index contributed by atoms with van der Waals surface area (Å²) in [7, 11) is 0. The van der Waals surface area contributed by atoms with Crippen LogP contribution in [0.25, 0.3) is 0 Å². The third kappa shape index (κ3) is 3.22. The number of nitrogens with zero attached hydrogens (tertiary/aromatic N) is 3. The Balaban J connectivity index is 2.22. The molecule has 2 aromatic heterocycles. The van der Waals surface area contributed by atoms with Crippen molar-refractivity contribution in [3.63, 3.8) is 0 Å². The topological polar surface area (TPSA) is 42.7 Å². The maximum Gasteiger partial charge on any atom is 0.138 e. The number of thiophene rings is 1. The largest absolute Gasteiger partial charge is 0.309 e. The number of nitrogens with one attached hydrogen (secondary N) is 1. The summed E-state index contributed by atoms with van der Waals surface area (Å²) in [5.74, 6) is 1.05. The summed E-state index contributed by atoms with van der Waals surface area (Å²) < 4.78 is 2.01. The van der Waals surface area contributed by atoms with Crippen molar-refractivity contribution in [3.05, 3.63) is 34.0 Å². The fraction of sp³-hybridized carbons (Fsp3) is 0.571. The number of rotatable bonds is 6. The van der Waals surface area contributed by atoms with Crippen molar-refractivity contribution < 1.29 is 0 Å². The molecule has 4 nitrogen and oxygen atoms in total. The van der Waals surface area contributed by atoms with E-state index in [2.05, 4.69) is 54.5 Å². The van der Waals surface area contributed by atoms with E-state index in [-0.39, 0.29) is 0 Å². The molecule has 0 aliphatic carbocycles. The van der Waals surface area contributed by atoms with E-state index in [1.165, 1.54) is 10.4 Å². The van der Waals surface area contributed by atoms with Gasteiger partial charge in [-0.25, -0.2) is 9.67 Å². The van der Waals surface area contributed by atoms with E-state index in [4.69, 9.17) is 0 Å². The van der Waals surface area contributed by atoms with Crippen LogP contribution < -0.4 is 5.32 Å². The van der Waals surface area contributed by atoms with Gasteiger partial charge in [0.15, 0.2) is 0 Å². The van der Waals surface area contributed by atoms with Crippen molar-refractivity contribution >= 4 is 11.3 Å². The van der Waals surface area contributed by atoms with Crippen molar-refractivity contribution in [2.24, 2.45) is 0 Å². The molecule has 0 spiro atoms. The summed E-state index contributed by atoms with van der Waals surface area (Å²) in [4.78, 5) is 5.82. The number of hydrogen-bond donors (Lipinski definition) is 1. The second-order valence-electron chi connectivity index (χ2n) is 5.00. The van der Waals surface area contributed by atoms with Crippen LogP contribution in [0.1, 0.15) is 49.1 Å². The lowest BCUT2D eigenvalue weighted by atomic mass is 10.1. The number of aryl methyl sites for hydroxylation is 1. The predicted molar refractivity (Wildman–Crippen MR) is 79.6 cm³/mol. The molecule has 1 atom stereocenters. The fourth-order valence-electron chi connectivity index (χ4n) is 2.28. The standard InChI is InChI=1S/C14H22N4S/c1-5-15-12(14-11(4)6-7-19-14)8-13-16-9-17-18(13)10(2)3/h6-7,9-10,12,15H,5,8H2,1-4H3. The Bertz CT molecular complexity index is 515. The first kappa shape index (κ1) is 14.2. The zero-order chi connectivity index (χ0) is 13.8. The molecule has 0 radical (unpaired) electrons. The molecule has 0 bridgehead atoms. The van der Waals surface area contributed by atoms with E-state index in [0.717, 1.165) is 18.8 Å². The Hall–Kier alpha value is -1.20. The monoisotopic (exact) mass is 278 g/mol. The van der Waals surface area contributed by atoms with Crippen LogP contribution in [0.4, 0.5) is 0 Å². The SMILES string of the molecule is CCNC(Cc1ncnn1C(C)C)c1sccc1C. The Kier molecular flexibility index (Phi) is 4.71. The Morgan fingerprint density at radius 3 is 2.79 bits per heavy atom. The molecular formula is C14H22N4S. The van der Waals surface area contributed by atoms with Crippen LogP contribution in [0.5, 0.6) is 0 Å². The van der Waals surface area contributed by atoms with E-state index in [1.54, 1.807) is 6.33 Å². The van der Waals surface area contributed by atoms with Crippen molar-refractivity contribution in [2.45, 2.75) is 46.2 Å². The van der Waals surface area contributed by atoms with Gasteiger partial charge < -0.3 is 5.32 Å². The summed E-state index contributed by atoms with van der Waals surface area (Å²) >= 11 is 1.81. The van der Waals surface area contributed by atoms with E-state index in [9.17, 15) is 0 Å². The second kappa shape index (κ2) is 6.30. The van der Waals surface area contributed by atoms with Gasteiger partial charge in [0.1, 0.15) is 12.2 Å². The molecule has 0 saturated carbocycles. The van der Waals surface area contributed by atoms with Gasteiger partial charge in [0, 0.05) is 23.4 Å². The zero-order valence-electron chi connectivity index (χ0n) is 12.1. The number of hydrogen-bond acceptors (Lipinski definition) is 4. The molecule has 1 unspecified atom stereocenters. The zero-order valence-corrected chi connectivity index (χ0v) is 12.9. The van der Waals surface area contributed by atoms with E-state index in [1.807, 2.05) is 16.0 Å². The number of likely N-dealkylation sites (N-methyl/N-ethyl adjacent to an activating group) is 1. The number of aromatic nitrogens is 3. The highest BCUT2D eigenvalue weighted by Crippen LogP contribution is 2.26. The highest BCUT2D eigenvalue weighted by Gasteiger charge is 2.18. The van der Waals surface area contributed by atoms with Crippen molar-refractivity contribution in [1.29, 1.82) is 0 Å².